The lowest BCUT2D eigenvalue weighted by Crippen LogP contribution is -2.33. The summed E-state index contributed by atoms with van der Waals surface area (Å²) in [7, 11) is 0. The Morgan fingerprint density at radius 1 is 1.36 bits per heavy atom. The van der Waals surface area contributed by atoms with Crippen LogP contribution in [-0.4, -0.2) is 42.3 Å². The lowest BCUT2D eigenvalue weighted by molar-refractivity contribution is -0.119. The van der Waals surface area contributed by atoms with E-state index in [0.717, 1.165) is 0 Å². The van der Waals surface area contributed by atoms with Gasteiger partial charge >= 0.3 is 12.1 Å². The standard InChI is InChI=1S/C15H18N2O5/c1-8-4-11(5-9(2)13(8)14(19)20)17-7-12(22-15(17)21)6-16-10(3)18/h4-5,12H,6-7H2,1-3H3,(H,16,18)(H,19,20). The average Bonchev–Trinajstić information content (AvgIpc) is 2.76. The first-order valence-corrected chi connectivity index (χ1v) is 6.86. The molecule has 1 aromatic carbocycles. The van der Waals surface area contributed by atoms with Crippen molar-refractivity contribution in [2.75, 3.05) is 18.0 Å². The van der Waals surface area contributed by atoms with Crippen LogP contribution in [0.3, 0.4) is 0 Å². The smallest absolute Gasteiger partial charge is 0.414 e. The largest absolute Gasteiger partial charge is 0.478 e. The van der Waals surface area contributed by atoms with E-state index in [1.165, 1.54) is 11.8 Å². The molecule has 1 saturated heterocycles. The molecule has 0 aliphatic carbocycles. The minimum Gasteiger partial charge on any atom is -0.478 e. The number of carbonyl (C=O) groups excluding carboxylic acids is 2. The number of carboxylic acids is 1. The minimum absolute atomic E-state index is 0.188. The third-order valence-corrected chi connectivity index (χ3v) is 3.50. The summed E-state index contributed by atoms with van der Waals surface area (Å²) in [5.41, 5.74) is 2.00. The molecule has 1 aliphatic rings. The maximum atomic E-state index is 11.9. The minimum atomic E-state index is -0.992. The normalized spacial score (nSPS) is 17.3. The Morgan fingerprint density at radius 2 is 1.95 bits per heavy atom. The van der Waals surface area contributed by atoms with Gasteiger partial charge in [-0.05, 0) is 37.1 Å². The van der Waals surface area contributed by atoms with E-state index in [-0.39, 0.29) is 18.0 Å². The van der Waals surface area contributed by atoms with Crippen molar-refractivity contribution in [2.24, 2.45) is 0 Å². The highest BCUT2D eigenvalue weighted by atomic mass is 16.6. The van der Waals surface area contributed by atoms with E-state index in [1.807, 2.05) is 0 Å². The molecule has 0 aromatic heterocycles. The molecule has 1 aliphatic heterocycles. The fourth-order valence-corrected chi connectivity index (χ4v) is 2.53. The number of benzene rings is 1. The predicted molar refractivity (Wildman–Crippen MR) is 79.2 cm³/mol. The van der Waals surface area contributed by atoms with Crippen LogP contribution in [0.4, 0.5) is 10.5 Å². The van der Waals surface area contributed by atoms with Gasteiger partial charge in [-0.2, -0.15) is 0 Å². The van der Waals surface area contributed by atoms with Crippen LogP contribution in [0.5, 0.6) is 0 Å². The fraction of sp³-hybridized carbons (Fsp3) is 0.400. The Hall–Kier alpha value is -2.57. The molecule has 7 heteroatoms. The Morgan fingerprint density at radius 3 is 2.45 bits per heavy atom. The van der Waals surface area contributed by atoms with E-state index in [4.69, 9.17) is 4.74 Å². The third kappa shape index (κ3) is 3.19. The van der Waals surface area contributed by atoms with Gasteiger partial charge in [-0.25, -0.2) is 9.59 Å². The number of hydrogen-bond donors (Lipinski definition) is 2. The molecule has 1 fully saturated rings. The molecule has 0 saturated carbocycles. The molecule has 1 atom stereocenters. The molecule has 2 amide bonds. The molecular weight excluding hydrogens is 288 g/mol. The number of anilines is 1. The highest BCUT2D eigenvalue weighted by molar-refractivity contribution is 5.94. The highest BCUT2D eigenvalue weighted by Gasteiger charge is 2.33. The van der Waals surface area contributed by atoms with E-state index >= 15 is 0 Å². The van der Waals surface area contributed by atoms with Crippen molar-refractivity contribution in [1.29, 1.82) is 0 Å². The van der Waals surface area contributed by atoms with Crippen LogP contribution in [0.2, 0.25) is 0 Å². The summed E-state index contributed by atoms with van der Waals surface area (Å²) >= 11 is 0. The number of nitrogens with one attached hydrogen (secondary N) is 1. The van der Waals surface area contributed by atoms with E-state index < -0.39 is 18.2 Å². The molecule has 1 unspecified atom stereocenters. The van der Waals surface area contributed by atoms with Crippen LogP contribution >= 0.6 is 0 Å². The molecule has 2 N–H and O–H groups in total. The van der Waals surface area contributed by atoms with E-state index in [1.54, 1.807) is 26.0 Å². The predicted octanol–water partition coefficient (Wildman–Crippen LogP) is 1.46. The zero-order chi connectivity index (χ0) is 16.4. The van der Waals surface area contributed by atoms with Crippen molar-refractivity contribution in [2.45, 2.75) is 26.9 Å². The Labute approximate surface area is 127 Å². The van der Waals surface area contributed by atoms with Gasteiger partial charge in [0.15, 0.2) is 0 Å². The monoisotopic (exact) mass is 306 g/mol. The average molecular weight is 306 g/mol. The van der Waals surface area contributed by atoms with Crippen molar-refractivity contribution < 1.29 is 24.2 Å². The van der Waals surface area contributed by atoms with Crippen LogP contribution in [0.25, 0.3) is 0 Å². The molecule has 1 aromatic rings. The lowest BCUT2D eigenvalue weighted by atomic mass is 10.0. The molecule has 1 heterocycles. The molecule has 0 bridgehead atoms. The molecule has 118 valence electrons. The van der Waals surface area contributed by atoms with Gasteiger partial charge in [0.2, 0.25) is 5.91 Å². The number of ether oxygens (including phenoxy) is 1. The van der Waals surface area contributed by atoms with Gasteiger partial charge in [-0.1, -0.05) is 0 Å². The second-order valence-corrected chi connectivity index (χ2v) is 5.31. The van der Waals surface area contributed by atoms with Crippen molar-refractivity contribution in [1.82, 2.24) is 5.32 Å². The van der Waals surface area contributed by atoms with Crippen LogP contribution in [-0.2, 0) is 9.53 Å². The van der Waals surface area contributed by atoms with Gasteiger partial charge in [0.1, 0.15) is 6.10 Å². The number of aryl methyl sites for hydroxylation is 2. The van der Waals surface area contributed by atoms with Crippen LogP contribution < -0.4 is 10.2 Å². The first-order chi connectivity index (χ1) is 10.3. The van der Waals surface area contributed by atoms with Crippen LogP contribution in [0.1, 0.15) is 28.4 Å². The van der Waals surface area contributed by atoms with Crippen molar-refractivity contribution in [3.8, 4) is 0 Å². The first kappa shape index (κ1) is 15.8. The molecule has 7 nitrogen and oxygen atoms in total. The zero-order valence-electron chi connectivity index (χ0n) is 12.7. The molecular formula is C15H18N2O5. The maximum Gasteiger partial charge on any atom is 0.414 e. The number of carbonyl (C=O) groups is 3. The molecule has 2 rings (SSSR count). The van der Waals surface area contributed by atoms with E-state index in [9.17, 15) is 19.5 Å². The van der Waals surface area contributed by atoms with Gasteiger partial charge in [0, 0.05) is 12.6 Å². The number of carboxylic acid groups (broad SMARTS) is 1. The number of rotatable bonds is 4. The Bertz CT molecular complexity index is 618. The fourth-order valence-electron chi connectivity index (χ4n) is 2.53. The number of nitrogens with zero attached hydrogens (tertiary/aromatic N) is 1. The summed E-state index contributed by atoms with van der Waals surface area (Å²) in [6, 6.07) is 3.30. The zero-order valence-corrected chi connectivity index (χ0v) is 12.7. The second kappa shape index (κ2) is 6.05. The summed E-state index contributed by atoms with van der Waals surface area (Å²) in [4.78, 5) is 35.5. The maximum absolute atomic E-state index is 11.9. The summed E-state index contributed by atoms with van der Waals surface area (Å²) in [5.74, 6) is -1.18. The van der Waals surface area contributed by atoms with Gasteiger partial charge in [0.25, 0.3) is 0 Å². The van der Waals surface area contributed by atoms with E-state index in [2.05, 4.69) is 5.32 Å². The molecule has 22 heavy (non-hydrogen) atoms. The highest BCUT2D eigenvalue weighted by Crippen LogP contribution is 2.26. The second-order valence-electron chi connectivity index (χ2n) is 5.31. The lowest BCUT2D eigenvalue weighted by Gasteiger charge is -2.16. The van der Waals surface area contributed by atoms with Crippen LogP contribution in [0.15, 0.2) is 12.1 Å². The summed E-state index contributed by atoms with van der Waals surface area (Å²) in [5, 5.41) is 11.8. The van der Waals surface area contributed by atoms with Crippen molar-refractivity contribution >= 4 is 23.7 Å². The topological polar surface area (TPSA) is 95.9 Å². The third-order valence-electron chi connectivity index (χ3n) is 3.50. The van der Waals surface area contributed by atoms with Crippen molar-refractivity contribution in [3.05, 3.63) is 28.8 Å². The van der Waals surface area contributed by atoms with Crippen LogP contribution in [0, 0.1) is 13.8 Å². The number of aromatic carboxylic acids is 1. The van der Waals surface area contributed by atoms with Crippen molar-refractivity contribution in [3.63, 3.8) is 0 Å². The molecule has 0 spiro atoms. The van der Waals surface area contributed by atoms with Gasteiger partial charge in [-0.15, -0.1) is 0 Å². The quantitative estimate of drug-likeness (QED) is 0.878. The summed E-state index contributed by atoms with van der Waals surface area (Å²) in [6.45, 7) is 5.34. The number of cyclic esters (lactones) is 1. The molecule has 0 radical (unpaired) electrons. The Kier molecular flexibility index (Phi) is 4.35. The SMILES string of the molecule is CC(=O)NCC1CN(c2cc(C)c(C(=O)O)c(C)c2)C(=O)O1. The summed E-state index contributed by atoms with van der Waals surface area (Å²) in [6.07, 6.45) is -0.923. The van der Waals surface area contributed by atoms with E-state index in [0.29, 0.717) is 23.4 Å². The van der Waals surface area contributed by atoms with Gasteiger partial charge in [0.05, 0.1) is 18.7 Å². The first-order valence-electron chi connectivity index (χ1n) is 6.86. The Balaban J connectivity index is 2.20. The van der Waals surface area contributed by atoms with Gasteiger partial charge in [-0.3, -0.25) is 9.69 Å². The number of hydrogen-bond acceptors (Lipinski definition) is 4. The summed E-state index contributed by atoms with van der Waals surface area (Å²) < 4.78 is 5.19. The van der Waals surface area contributed by atoms with Gasteiger partial charge < -0.3 is 15.2 Å². The number of amides is 2.